The minimum absolute atomic E-state index is 0.0537. The highest BCUT2D eigenvalue weighted by Crippen LogP contribution is 2.35. The average Bonchev–Trinajstić information content (AvgIpc) is 3.17. The zero-order chi connectivity index (χ0) is 20.2. The highest BCUT2D eigenvalue weighted by Gasteiger charge is 2.37. The van der Waals surface area contributed by atoms with E-state index in [0.717, 1.165) is 51.7 Å². The molecule has 1 aromatic heterocycles. The first-order valence-electron chi connectivity index (χ1n) is 9.65. The third-order valence-corrected chi connectivity index (χ3v) is 5.87. The highest BCUT2D eigenvalue weighted by atomic mass is 32.2. The molecule has 9 heteroatoms. The number of aromatic nitrogens is 2. The molecule has 2 N–H and O–H groups in total. The molecule has 1 aromatic carbocycles. The first-order chi connectivity index (χ1) is 14.2. The van der Waals surface area contributed by atoms with Gasteiger partial charge >= 0.3 is 0 Å². The number of ether oxygens (including phenoxy) is 1. The standard InChI is InChI=1S/C20H24N6OS2/c1-4-9-15-22-17-16(19(28-3)24-20(23-17)29-5-2)18-21-14(25-26(15)18)12-27-13-10-7-6-8-11-13/h6-8,10-12,15,25H,4-5,9H2,1-3H3,(H,22,23,24). The van der Waals surface area contributed by atoms with Gasteiger partial charge in [0.2, 0.25) is 0 Å². The molecular formula is C20H24N6OS2. The quantitative estimate of drug-likeness (QED) is 0.293. The molecule has 0 amide bonds. The fraction of sp³-hybridized carbons (Fsp3) is 0.350. The van der Waals surface area contributed by atoms with Crippen LogP contribution in [0.4, 0.5) is 5.82 Å². The van der Waals surface area contributed by atoms with Crippen LogP contribution in [0.5, 0.6) is 5.75 Å². The van der Waals surface area contributed by atoms with E-state index in [4.69, 9.17) is 19.7 Å². The number of fused-ring (bicyclic) bond motifs is 3. The summed E-state index contributed by atoms with van der Waals surface area (Å²) in [7, 11) is 0. The van der Waals surface area contributed by atoms with Crippen molar-refractivity contribution in [3.63, 3.8) is 0 Å². The third kappa shape index (κ3) is 4.16. The maximum atomic E-state index is 5.77. The summed E-state index contributed by atoms with van der Waals surface area (Å²) in [5.74, 6) is 4.03. The van der Waals surface area contributed by atoms with Gasteiger partial charge in [-0.25, -0.2) is 20.0 Å². The number of para-hydroxylation sites is 1. The molecule has 29 heavy (non-hydrogen) atoms. The molecule has 0 saturated heterocycles. The Morgan fingerprint density at radius 3 is 2.76 bits per heavy atom. The number of hydrogen-bond acceptors (Lipinski definition) is 9. The van der Waals surface area contributed by atoms with Crippen LogP contribution in [0, 0.1) is 0 Å². The largest absolute Gasteiger partial charge is 0.461 e. The van der Waals surface area contributed by atoms with Crippen LogP contribution in [0.25, 0.3) is 0 Å². The molecule has 1 atom stereocenters. The van der Waals surface area contributed by atoms with Crippen LogP contribution in [-0.2, 0) is 0 Å². The van der Waals surface area contributed by atoms with Crippen molar-refractivity contribution in [3.05, 3.63) is 48.0 Å². The van der Waals surface area contributed by atoms with E-state index in [1.165, 1.54) is 0 Å². The van der Waals surface area contributed by atoms with Gasteiger partial charge in [0.1, 0.15) is 29.0 Å². The number of nitrogens with zero attached hydrogens (tertiary/aromatic N) is 4. The average molecular weight is 429 g/mol. The van der Waals surface area contributed by atoms with Crippen LogP contribution in [0.15, 0.2) is 57.6 Å². The van der Waals surface area contributed by atoms with Gasteiger partial charge in [-0.15, -0.1) is 11.8 Å². The number of anilines is 1. The van der Waals surface area contributed by atoms with E-state index in [1.807, 2.05) is 36.6 Å². The Kier molecular flexibility index (Phi) is 6.15. The molecule has 2 aromatic rings. The number of amidine groups is 1. The molecule has 0 aliphatic carbocycles. The summed E-state index contributed by atoms with van der Waals surface area (Å²) < 4.78 is 5.77. The number of aliphatic imine (C=N–C) groups is 1. The summed E-state index contributed by atoms with van der Waals surface area (Å²) in [4.78, 5) is 14.3. The lowest BCUT2D eigenvalue weighted by Crippen LogP contribution is -2.52. The topological polar surface area (TPSA) is 74.7 Å². The molecule has 1 unspecified atom stereocenters. The number of thioether (sulfide) groups is 2. The van der Waals surface area contributed by atoms with Crippen molar-refractivity contribution in [2.75, 3.05) is 17.3 Å². The SMILES string of the molecule is CCCC1Nc2nc(SCC)nc(SC)c2C2=NC(=COc3ccccc3)NN21. The molecule has 0 saturated carbocycles. The number of benzene rings is 1. The molecule has 3 heterocycles. The minimum Gasteiger partial charge on any atom is -0.461 e. The van der Waals surface area contributed by atoms with E-state index in [9.17, 15) is 0 Å². The van der Waals surface area contributed by atoms with Crippen LogP contribution in [0.1, 0.15) is 32.3 Å². The number of rotatable bonds is 7. The number of hydrazine groups is 1. The van der Waals surface area contributed by atoms with Crippen molar-refractivity contribution < 1.29 is 4.74 Å². The van der Waals surface area contributed by atoms with Gasteiger partial charge in [0, 0.05) is 0 Å². The van der Waals surface area contributed by atoms with Crippen molar-refractivity contribution in [2.24, 2.45) is 4.99 Å². The second-order valence-electron chi connectivity index (χ2n) is 6.47. The van der Waals surface area contributed by atoms with Gasteiger partial charge in [0.05, 0.1) is 5.56 Å². The van der Waals surface area contributed by atoms with Gasteiger partial charge in [-0.05, 0) is 30.6 Å². The first-order valence-corrected chi connectivity index (χ1v) is 11.9. The summed E-state index contributed by atoms with van der Waals surface area (Å²) in [5.41, 5.74) is 4.29. The predicted molar refractivity (Wildman–Crippen MR) is 119 cm³/mol. The minimum atomic E-state index is 0.0537. The molecule has 0 radical (unpaired) electrons. The predicted octanol–water partition coefficient (Wildman–Crippen LogP) is 4.31. The lowest BCUT2D eigenvalue weighted by Gasteiger charge is -2.36. The maximum Gasteiger partial charge on any atom is 0.190 e. The number of nitrogens with one attached hydrogen (secondary N) is 2. The number of hydrogen-bond donors (Lipinski definition) is 2. The second kappa shape index (κ2) is 8.96. The molecule has 7 nitrogen and oxygen atoms in total. The zero-order valence-electron chi connectivity index (χ0n) is 16.7. The summed E-state index contributed by atoms with van der Waals surface area (Å²) >= 11 is 3.26. The Labute approximate surface area is 179 Å². The maximum absolute atomic E-state index is 5.77. The lowest BCUT2D eigenvalue weighted by molar-refractivity contribution is 0.269. The van der Waals surface area contributed by atoms with Gasteiger partial charge in [0.15, 0.2) is 16.8 Å². The van der Waals surface area contributed by atoms with E-state index < -0.39 is 0 Å². The van der Waals surface area contributed by atoms with Crippen molar-refractivity contribution >= 4 is 35.2 Å². The molecule has 0 fully saturated rings. The fourth-order valence-corrected chi connectivity index (χ4v) is 4.41. The van der Waals surface area contributed by atoms with Crippen LogP contribution < -0.4 is 15.5 Å². The van der Waals surface area contributed by atoms with E-state index in [2.05, 4.69) is 29.6 Å². The molecule has 2 aliphatic heterocycles. The zero-order valence-corrected chi connectivity index (χ0v) is 18.3. The van der Waals surface area contributed by atoms with Gasteiger partial charge < -0.3 is 10.1 Å². The second-order valence-corrected chi connectivity index (χ2v) is 8.50. The molecule has 0 spiro atoms. The highest BCUT2D eigenvalue weighted by molar-refractivity contribution is 7.99. The van der Waals surface area contributed by atoms with Crippen molar-refractivity contribution in [1.82, 2.24) is 20.4 Å². The smallest absolute Gasteiger partial charge is 0.190 e. The fourth-order valence-electron chi connectivity index (χ4n) is 3.21. The Morgan fingerprint density at radius 1 is 1.21 bits per heavy atom. The van der Waals surface area contributed by atoms with Crippen molar-refractivity contribution in [1.29, 1.82) is 0 Å². The van der Waals surface area contributed by atoms with E-state index >= 15 is 0 Å². The monoisotopic (exact) mass is 428 g/mol. The summed E-state index contributed by atoms with van der Waals surface area (Å²) in [6, 6.07) is 9.67. The Morgan fingerprint density at radius 2 is 2.03 bits per heavy atom. The van der Waals surface area contributed by atoms with E-state index in [1.54, 1.807) is 29.8 Å². The van der Waals surface area contributed by atoms with Crippen molar-refractivity contribution in [3.8, 4) is 5.75 Å². The van der Waals surface area contributed by atoms with Gasteiger partial charge in [0.25, 0.3) is 0 Å². The van der Waals surface area contributed by atoms with Gasteiger partial charge in [-0.1, -0.05) is 50.2 Å². The Balaban J connectivity index is 1.71. The summed E-state index contributed by atoms with van der Waals surface area (Å²) in [6.07, 6.45) is 5.72. The molecular weight excluding hydrogens is 404 g/mol. The molecule has 2 aliphatic rings. The van der Waals surface area contributed by atoms with Crippen LogP contribution in [0.3, 0.4) is 0 Å². The van der Waals surface area contributed by atoms with Crippen molar-refractivity contribution in [2.45, 2.75) is 43.0 Å². The lowest BCUT2D eigenvalue weighted by atomic mass is 10.1. The van der Waals surface area contributed by atoms with Crippen LogP contribution in [-0.4, -0.2) is 39.0 Å². The van der Waals surface area contributed by atoms with Gasteiger partial charge in [-0.3, -0.25) is 5.43 Å². The first kappa shape index (κ1) is 19.9. The molecule has 152 valence electrons. The summed E-state index contributed by atoms with van der Waals surface area (Å²) in [5, 5.41) is 7.34. The third-order valence-electron chi connectivity index (χ3n) is 4.46. The Bertz CT molecular complexity index is 934. The van der Waals surface area contributed by atoms with E-state index in [-0.39, 0.29) is 6.17 Å². The van der Waals surface area contributed by atoms with Crippen LogP contribution >= 0.6 is 23.5 Å². The van der Waals surface area contributed by atoms with Crippen LogP contribution in [0.2, 0.25) is 0 Å². The van der Waals surface area contributed by atoms with E-state index in [0.29, 0.717) is 5.82 Å². The Hall–Kier alpha value is -2.39. The summed E-state index contributed by atoms with van der Waals surface area (Å²) in [6.45, 7) is 4.28. The normalized spacial score (nSPS) is 18.6. The van der Waals surface area contributed by atoms with Gasteiger partial charge in [-0.2, -0.15) is 0 Å². The molecule has 4 rings (SSSR count). The molecule has 0 bridgehead atoms.